The Morgan fingerprint density at radius 2 is 1.71 bits per heavy atom. The fourth-order valence-corrected chi connectivity index (χ4v) is 5.90. The molecule has 6 rings (SSSR count). The van der Waals surface area contributed by atoms with E-state index in [0.29, 0.717) is 17.2 Å². The molecule has 3 saturated heterocycles. The Hall–Kier alpha value is -3.45. The van der Waals surface area contributed by atoms with Gasteiger partial charge in [0.05, 0.1) is 33.3 Å². The number of quaternary nitrogens is 1. The number of methoxy groups -OCH3 is 1. The molecule has 38 heavy (non-hydrogen) atoms. The van der Waals surface area contributed by atoms with Gasteiger partial charge in [-0.15, -0.1) is 0 Å². The average molecular weight is 522 g/mol. The first-order valence-corrected chi connectivity index (χ1v) is 13.3. The van der Waals surface area contributed by atoms with Crippen molar-refractivity contribution in [3.8, 4) is 5.75 Å². The molecule has 0 N–H and O–H groups in total. The van der Waals surface area contributed by atoms with Gasteiger partial charge in [-0.3, -0.25) is 4.90 Å². The predicted molar refractivity (Wildman–Crippen MR) is 143 cm³/mol. The van der Waals surface area contributed by atoms with Crippen LogP contribution in [0, 0.1) is 24.5 Å². The van der Waals surface area contributed by atoms with E-state index in [0.717, 1.165) is 73.4 Å². The van der Waals surface area contributed by atoms with Crippen LogP contribution in [0.15, 0.2) is 66.7 Å². The summed E-state index contributed by atoms with van der Waals surface area (Å²) in [5.41, 5.74) is 3.44. The van der Waals surface area contributed by atoms with Crippen molar-refractivity contribution in [1.82, 2.24) is 0 Å². The lowest BCUT2D eigenvalue weighted by Crippen LogP contribution is -2.65. The maximum atomic E-state index is 13.9. The Morgan fingerprint density at radius 3 is 2.39 bits per heavy atom. The predicted octanol–water partition coefficient (Wildman–Crippen LogP) is 6.28. The molecular formula is C31H35F2N2O3+. The van der Waals surface area contributed by atoms with Crippen LogP contribution in [0.3, 0.4) is 0 Å². The van der Waals surface area contributed by atoms with Gasteiger partial charge in [-0.2, -0.15) is 0 Å². The molecule has 3 aromatic rings. The number of hydrogen-bond acceptors (Lipinski definition) is 3. The number of ether oxygens (including phenoxy) is 2. The van der Waals surface area contributed by atoms with Gasteiger partial charge < -0.3 is 14.0 Å². The first-order chi connectivity index (χ1) is 18.3. The van der Waals surface area contributed by atoms with E-state index < -0.39 is 17.7 Å². The second-order valence-electron chi connectivity index (χ2n) is 10.7. The number of halogens is 2. The van der Waals surface area contributed by atoms with Gasteiger partial charge in [-0.05, 0) is 60.0 Å². The summed E-state index contributed by atoms with van der Waals surface area (Å²) < 4.78 is 39.9. The van der Waals surface area contributed by atoms with E-state index in [-0.39, 0.29) is 12.6 Å². The molecule has 3 heterocycles. The third-order valence-electron chi connectivity index (χ3n) is 8.19. The number of piperidine rings is 3. The van der Waals surface area contributed by atoms with Gasteiger partial charge >= 0.3 is 6.09 Å². The SMILES string of the molecule is COc1ccc(CC[N+]23CCC(CC2)C(OC(=O)N(Cc2ccc(F)c(F)c2)c2cccc(C)c2)C3)cc1. The summed E-state index contributed by atoms with van der Waals surface area (Å²) in [6.07, 6.45) is 2.41. The molecule has 2 bridgehead atoms. The molecule has 3 aliphatic rings. The van der Waals surface area contributed by atoms with E-state index in [9.17, 15) is 13.6 Å². The Bertz CT molecular complexity index is 1270. The van der Waals surface area contributed by atoms with Gasteiger partial charge in [0.1, 0.15) is 12.3 Å². The zero-order chi connectivity index (χ0) is 26.7. The summed E-state index contributed by atoms with van der Waals surface area (Å²) in [7, 11) is 1.67. The molecule has 3 aromatic carbocycles. The van der Waals surface area contributed by atoms with Crippen molar-refractivity contribution in [2.75, 3.05) is 38.2 Å². The first kappa shape index (κ1) is 26.2. The van der Waals surface area contributed by atoms with Crippen molar-refractivity contribution in [3.63, 3.8) is 0 Å². The third-order valence-corrected chi connectivity index (χ3v) is 8.19. The van der Waals surface area contributed by atoms with Crippen molar-refractivity contribution in [1.29, 1.82) is 0 Å². The second-order valence-corrected chi connectivity index (χ2v) is 10.7. The molecule has 1 amide bonds. The topological polar surface area (TPSA) is 38.8 Å². The molecular weight excluding hydrogens is 486 g/mol. The minimum atomic E-state index is -0.930. The quantitative estimate of drug-likeness (QED) is 0.328. The van der Waals surface area contributed by atoms with Crippen LogP contribution >= 0.6 is 0 Å². The highest BCUT2D eigenvalue weighted by atomic mass is 19.2. The number of anilines is 1. The molecule has 3 aliphatic heterocycles. The molecule has 1 atom stereocenters. The van der Waals surface area contributed by atoms with E-state index in [2.05, 4.69) is 12.1 Å². The average Bonchev–Trinajstić information content (AvgIpc) is 2.93. The first-order valence-electron chi connectivity index (χ1n) is 13.3. The second kappa shape index (κ2) is 11.1. The number of hydrogen-bond donors (Lipinski definition) is 0. The highest BCUT2D eigenvalue weighted by Gasteiger charge is 2.47. The largest absolute Gasteiger partial charge is 0.497 e. The standard InChI is InChI=1S/C31H35F2N2O3/c1-22-4-3-5-26(18-22)34(20-24-8-11-28(32)29(33)19-24)31(36)38-30-21-35(16-13-25(30)14-17-35)15-12-23-6-9-27(37-2)10-7-23/h3-11,18-19,25,30H,12-17,20-21H2,1-2H3/q+1. The van der Waals surface area contributed by atoms with Gasteiger partial charge in [-0.1, -0.05) is 30.3 Å². The number of rotatable bonds is 8. The number of nitrogens with zero attached hydrogens (tertiary/aromatic N) is 2. The summed E-state index contributed by atoms with van der Waals surface area (Å²) >= 11 is 0. The lowest BCUT2D eigenvalue weighted by atomic mass is 9.83. The van der Waals surface area contributed by atoms with Gasteiger partial charge in [-0.25, -0.2) is 13.6 Å². The van der Waals surface area contributed by atoms with Crippen molar-refractivity contribution in [2.24, 2.45) is 5.92 Å². The van der Waals surface area contributed by atoms with Crippen LogP contribution in [0.4, 0.5) is 19.3 Å². The Labute approximate surface area is 223 Å². The Balaban J connectivity index is 1.30. The maximum absolute atomic E-state index is 13.9. The third kappa shape index (κ3) is 5.83. The van der Waals surface area contributed by atoms with Crippen LogP contribution in [-0.4, -0.2) is 50.0 Å². The fourth-order valence-electron chi connectivity index (χ4n) is 5.90. The number of carbonyl (C=O) groups is 1. The van der Waals surface area contributed by atoms with Crippen molar-refractivity contribution < 1.29 is 27.5 Å². The number of benzene rings is 3. The fraction of sp³-hybridized carbons (Fsp3) is 0.387. The van der Waals surface area contributed by atoms with Gasteiger partial charge in [0.2, 0.25) is 0 Å². The molecule has 3 fully saturated rings. The summed E-state index contributed by atoms with van der Waals surface area (Å²) in [6.45, 7) is 6.06. The minimum absolute atomic E-state index is 0.0916. The van der Waals surface area contributed by atoms with E-state index in [1.165, 1.54) is 16.5 Å². The maximum Gasteiger partial charge on any atom is 0.415 e. The highest BCUT2D eigenvalue weighted by Crippen LogP contribution is 2.36. The molecule has 200 valence electrons. The molecule has 0 radical (unpaired) electrons. The minimum Gasteiger partial charge on any atom is -0.497 e. The van der Waals surface area contributed by atoms with E-state index in [1.54, 1.807) is 7.11 Å². The van der Waals surface area contributed by atoms with Crippen LogP contribution < -0.4 is 9.64 Å². The number of carbonyl (C=O) groups excluding carboxylic acids is 1. The van der Waals surface area contributed by atoms with E-state index >= 15 is 0 Å². The molecule has 7 heteroatoms. The van der Waals surface area contributed by atoms with Gasteiger partial charge in [0, 0.05) is 30.9 Å². The lowest BCUT2D eigenvalue weighted by molar-refractivity contribution is -0.945. The smallest absolute Gasteiger partial charge is 0.415 e. The molecule has 0 spiro atoms. The van der Waals surface area contributed by atoms with E-state index in [4.69, 9.17) is 9.47 Å². The monoisotopic (exact) mass is 521 g/mol. The van der Waals surface area contributed by atoms with Crippen molar-refractivity contribution in [2.45, 2.75) is 38.8 Å². The zero-order valence-corrected chi connectivity index (χ0v) is 22.0. The highest BCUT2D eigenvalue weighted by molar-refractivity contribution is 5.87. The summed E-state index contributed by atoms with van der Waals surface area (Å²) in [6, 6.07) is 19.5. The van der Waals surface area contributed by atoms with Gasteiger partial charge in [0.25, 0.3) is 0 Å². The summed E-state index contributed by atoms with van der Waals surface area (Å²) in [4.78, 5) is 15.1. The van der Waals surface area contributed by atoms with Crippen LogP contribution in [0.2, 0.25) is 0 Å². The van der Waals surface area contributed by atoms with E-state index in [1.807, 2.05) is 43.3 Å². The van der Waals surface area contributed by atoms with Crippen LogP contribution in [0.1, 0.15) is 29.5 Å². The molecule has 0 aromatic heterocycles. The summed E-state index contributed by atoms with van der Waals surface area (Å²) in [5.74, 6) is -0.634. The molecule has 0 aliphatic carbocycles. The van der Waals surface area contributed by atoms with Crippen LogP contribution in [0.25, 0.3) is 0 Å². The lowest BCUT2D eigenvalue weighted by Gasteiger charge is -2.52. The molecule has 0 saturated carbocycles. The molecule has 5 nitrogen and oxygen atoms in total. The normalized spacial score (nSPS) is 22.2. The van der Waals surface area contributed by atoms with Gasteiger partial charge in [0.15, 0.2) is 17.7 Å². The Kier molecular flexibility index (Phi) is 7.65. The van der Waals surface area contributed by atoms with Crippen molar-refractivity contribution >= 4 is 11.8 Å². The van der Waals surface area contributed by atoms with Crippen LogP contribution in [-0.2, 0) is 17.7 Å². The van der Waals surface area contributed by atoms with Crippen LogP contribution in [0.5, 0.6) is 5.75 Å². The zero-order valence-electron chi connectivity index (χ0n) is 22.0. The van der Waals surface area contributed by atoms with Crippen molar-refractivity contribution in [3.05, 3.63) is 95.1 Å². The number of aryl methyl sites for hydroxylation is 1. The Morgan fingerprint density at radius 1 is 0.974 bits per heavy atom. The summed E-state index contributed by atoms with van der Waals surface area (Å²) in [5, 5.41) is 0. The molecule has 1 unspecified atom stereocenters. The number of fused-ring (bicyclic) bond motifs is 3. The number of amides is 1.